The molecule has 0 spiro atoms. The Bertz CT molecular complexity index is 4830. The van der Waals surface area contributed by atoms with E-state index in [2.05, 4.69) is 162 Å². The fourth-order valence-electron chi connectivity index (χ4n) is 11.4. The maximum atomic E-state index is 6.43. The number of fused-ring (bicyclic) bond motifs is 15. The number of hydrogen-bond donors (Lipinski definition) is 0. The van der Waals surface area contributed by atoms with E-state index in [0.29, 0.717) is 17.5 Å². The van der Waals surface area contributed by atoms with E-state index in [1.54, 1.807) is 0 Å². The molecule has 0 N–H and O–H groups in total. The normalized spacial score (nSPS) is 12.2. The molecule has 16 aromatic rings. The van der Waals surface area contributed by atoms with Gasteiger partial charge in [-0.05, 0) is 99.9 Å². The highest BCUT2D eigenvalue weighted by Crippen LogP contribution is 2.45. The number of benzene rings is 11. The highest BCUT2D eigenvalue weighted by molar-refractivity contribution is 7.25. The van der Waals surface area contributed by atoms with Gasteiger partial charge < -0.3 is 13.4 Å². The SMILES string of the molecule is c1ccc2cc3c(cc2c1)c1c2ccccc2ccc1n3-c1ccc(-c2nc(-c3cccc4oc5ccccc5c34)nc(-c3cccc4oc5ccccc5c34)n2)cc1-c1ccc2c(c1)sc1ccccc12. The minimum absolute atomic E-state index is 0.551. The molecule has 6 nitrogen and oxygen atoms in total. The van der Waals surface area contributed by atoms with Gasteiger partial charge in [-0.2, -0.15) is 0 Å². The molecule has 0 saturated carbocycles. The highest BCUT2D eigenvalue weighted by Gasteiger charge is 2.24. The van der Waals surface area contributed by atoms with Gasteiger partial charge in [0.15, 0.2) is 17.5 Å². The molecule has 0 fully saturated rings. The van der Waals surface area contributed by atoms with Crippen LogP contribution in [0.2, 0.25) is 0 Å². The number of nitrogens with zero attached hydrogens (tertiary/aromatic N) is 4. The van der Waals surface area contributed by atoms with E-state index in [-0.39, 0.29) is 0 Å². The first-order valence-electron chi connectivity index (χ1n) is 24.2. The number of thiophene rings is 1. The maximum Gasteiger partial charge on any atom is 0.164 e. The summed E-state index contributed by atoms with van der Waals surface area (Å²) in [5.74, 6) is 1.66. The quantitative estimate of drug-likeness (QED) is 0.172. The summed E-state index contributed by atoms with van der Waals surface area (Å²) in [6.07, 6.45) is 0. The van der Waals surface area contributed by atoms with Crippen LogP contribution in [0.25, 0.3) is 158 Å². The Morgan fingerprint density at radius 3 is 1.61 bits per heavy atom. The van der Waals surface area contributed by atoms with E-state index in [1.807, 2.05) is 72.0 Å². The summed E-state index contributed by atoms with van der Waals surface area (Å²) in [7, 11) is 0. The van der Waals surface area contributed by atoms with Crippen molar-refractivity contribution in [2.45, 2.75) is 0 Å². The second-order valence-corrected chi connectivity index (χ2v) is 19.7. The molecule has 0 amide bonds. The first-order valence-corrected chi connectivity index (χ1v) is 25.0. The smallest absolute Gasteiger partial charge is 0.164 e. The Labute approximate surface area is 414 Å². The minimum atomic E-state index is 0.551. The molecule has 0 radical (unpaired) electrons. The third kappa shape index (κ3) is 5.80. The fraction of sp³-hybridized carbons (Fsp3) is 0. The zero-order chi connectivity index (χ0) is 47.0. The number of para-hydroxylation sites is 2. The molecule has 0 aliphatic rings. The standard InChI is InChI=1S/C65H36N4O2S/c1-2-15-39-35-53-50(33-38(39)14-1)60-42-16-4-3-13-37(42)28-32-52(60)69(53)51-31-29-41(34-49(51)40-27-30-44-43-17-7-10-26-58(43)72-59(44)36-40)63-66-64(47-20-11-24-56-61(47)45-18-5-8-22-54(45)70-56)68-65(67-63)48-21-12-25-57-62(48)46-19-6-9-23-55(46)71-57/h1-36H. The van der Waals surface area contributed by atoms with Crippen LogP contribution in [0.4, 0.5) is 0 Å². The van der Waals surface area contributed by atoms with Crippen molar-refractivity contribution in [3.8, 4) is 51.0 Å². The van der Waals surface area contributed by atoms with Gasteiger partial charge in [-0.3, -0.25) is 0 Å². The molecule has 5 aromatic heterocycles. The lowest BCUT2D eigenvalue weighted by atomic mass is 9.98. The predicted octanol–water partition coefficient (Wildman–Crippen LogP) is 18.1. The molecule has 7 heteroatoms. The van der Waals surface area contributed by atoms with E-state index in [1.165, 1.54) is 52.5 Å². The molecule has 0 bridgehead atoms. The van der Waals surface area contributed by atoms with Crippen LogP contribution in [0, 0.1) is 0 Å². The average molecular weight is 937 g/mol. The molecular weight excluding hydrogens is 901 g/mol. The Hall–Kier alpha value is -9.43. The van der Waals surface area contributed by atoms with Gasteiger partial charge in [-0.25, -0.2) is 15.0 Å². The van der Waals surface area contributed by atoms with Crippen LogP contribution in [-0.2, 0) is 0 Å². The van der Waals surface area contributed by atoms with Crippen molar-refractivity contribution in [3.05, 3.63) is 218 Å². The molecule has 0 unspecified atom stereocenters. The monoisotopic (exact) mass is 936 g/mol. The summed E-state index contributed by atoms with van der Waals surface area (Å²) < 4.78 is 17.8. The van der Waals surface area contributed by atoms with E-state index >= 15 is 0 Å². The van der Waals surface area contributed by atoms with Gasteiger partial charge >= 0.3 is 0 Å². The van der Waals surface area contributed by atoms with Crippen LogP contribution < -0.4 is 0 Å². The number of rotatable bonds is 5. The second-order valence-electron chi connectivity index (χ2n) is 18.6. The summed E-state index contributed by atoms with van der Waals surface area (Å²) in [6, 6.07) is 77.6. The molecule has 72 heavy (non-hydrogen) atoms. The van der Waals surface area contributed by atoms with Crippen LogP contribution in [0.1, 0.15) is 0 Å². The fourth-order valence-corrected chi connectivity index (χ4v) is 12.5. The molecular formula is C65H36N4O2S. The number of hydrogen-bond acceptors (Lipinski definition) is 6. The molecule has 16 rings (SSSR count). The third-order valence-corrected chi connectivity index (χ3v) is 15.8. The lowest BCUT2D eigenvalue weighted by molar-refractivity contribution is 0.668. The van der Waals surface area contributed by atoms with Crippen LogP contribution >= 0.6 is 11.3 Å². The molecule has 0 aliphatic heterocycles. The Kier molecular flexibility index (Phi) is 8.23. The van der Waals surface area contributed by atoms with Gasteiger partial charge in [0.25, 0.3) is 0 Å². The molecule has 5 heterocycles. The second kappa shape index (κ2) is 15.0. The third-order valence-electron chi connectivity index (χ3n) is 14.6. The average Bonchev–Trinajstić information content (AvgIpc) is 4.21. The van der Waals surface area contributed by atoms with Crippen molar-refractivity contribution in [1.82, 2.24) is 19.5 Å². The van der Waals surface area contributed by atoms with Crippen LogP contribution in [-0.4, -0.2) is 19.5 Å². The molecule has 334 valence electrons. The van der Waals surface area contributed by atoms with Crippen LogP contribution in [0.15, 0.2) is 227 Å². The van der Waals surface area contributed by atoms with Crippen molar-refractivity contribution in [2.75, 3.05) is 0 Å². The van der Waals surface area contributed by atoms with Gasteiger partial charge in [0.1, 0.15) is 22.3 Å². The molecule has 11 aromatic carbocycles. The van der Waals surface area contributed by atoms with Crippen LogP contribution in [0.5, 0.6) is 0 Å². The van der Waals surface area contributed by atoms with E-state index in [0.717, 1.165) is 88.4 Å². The van der Waals surface area contributed by atoms with Crippen molar-refractivity contribution in [3.63, 3.8) is 0 Å². The molecule has 0 aliphatic carbocycles. The lowest BCUT2D eigenvalue weighted by Crippen LogP contribution is -2.02. The summed E-state index contributed by atoms with van der Waals surface area (Å²) >= 11 is 1.83. The zero-order valence-corrected chi connectivity index (χ0v) is 39.1. The predicted molar refractivity (Wildman–Crippen MR) is 298 cm³/mol. The summed E-state index contributed by atoms with van der Waals surface area (Å²) in [4.78, 5) is 16.3. The van der Waals surface area contributed by atoms with Crippen molar-refractivity contribution in [2.24, 2.45) is 0 Å². The van der Waals surface area contributed by atoms with Gasteiger partial charge in [-0.1, -0.05) is 146 Å². The Morgan fingerprint density at radius 2 is 0.889 bits per heavy atom. The van der Waals surface area contributed by atoms with E-state index in [4.69, 9.17) is 23.8 Å². The molecule has 0 atom stereocenters. The number of furan rings is 2. The number of aromatic nitrogens is 4. The Balaban J connectivity index is 1.000. The Morgan fingerprint density at radius 1 is 0.319 bits per heavy atom. The van der Waals surface area contributed by atoms with E-state index < -0.39 is 0 Å². The highest BCUT2D eigenvalue weighted by atomic mass is 32.1. The summed E-state index contributed by atoms with van der Waals surface area (Å²) in [5, 5.41) is 13.7. The summed E-state index contributed by atoms with van der Waals surface area (Å²) in [5.41, 5.74) is 11.3. The largest absolute Gasteiger partial charge is 0.456 e. The summed E-state index contributed by atoms with van der Waals surface area (Å²) in [6.45, 7) is 0. The lowest BCUT2D eigenvalue weighted by Gasteiger charge is -2.17. The van der Waals surface area contributed by atoms with Crippen molar-refractivity contribution >= 4 is 119 Å². The minimum Gasteiger partial charge on any atom is -0.456 e. The van der Waals surface area contributed by atoms with Crippen molar-refractivity contribution < 1.29 is 8.83 Å². The van der Waals surface area contributed by atoms with Gasteiger partial charge in [-0.15, -0.1) is 11.3 Å². The van der Waals surface area contributed by atoms with Gasteiger partial charge in [0.05, 0.1) is 16.7 Å². The van der Waals surface area contributed by atoms with E-state index in [9.17, 15) is 0 Å². The molecule has 0 saturated heterocycles. The first kappa shape index (κ1) is 39.4. The van der Waals surface area contributed by atoms with Crippen LogP contribution in [0.3, 0.4) is 0 Å². The maximum absolute atomic E-state index is 6.43. The topological polar surface area (TPSA) is 69.9 Å². The van der Waals surface area contributed by atoms with Crippen molar-refractivity contribution in [1.29, 1.82) is 0 Å². The first-order chi connectivity index (χ1) is 35.7. The zero-order valence-electron chi connectivity index (χ0n) is 38.3. The van der Waals surface area contributed by atoms with Gasteiger partial charge in [0, 0.05) is 74.7 Å². The van der Waals surface area contributed by atoms with Gasteiger partial charge in [0.2, 0.25) is 0 Å².